The zero-order valence-electron chi connectivity index (χ0n) is 36.9. The van der Waals surface area contributed by atoms with Crippen molar-refractivity contribution in [2.24, 2.45) is 23.2 Å². The fourth-order valence-corrected chi connectivity index (χ4v) is 7.62. The van der Waals surface area contributed by atoms with Gasteiger partial charge in [-0.15, -0.1) is 0 Å². The van der Waals surface area contributed by atoms with Crippen molar-refractivity contribution in [2.75, 3.05) is 13.2 Å². The second-order valence-corrected chi connectivity index (χ2v) is 17.5. The fourth-order valence-electron chi connectivity index (χ4n) is 7.62. The van der Waals surface area contributed by atoms with E-state index < -0.39 is 35.2 Å². The van der Waals surface area contributed by atoms with Gasteiger partial charge in [-0.2, -0.15) is 5.26 Å². The smallest absolute Gasteiger partial charge is 0.349 e. The Bertz CT molecular complexity index is 1450. The summed E-state index contributed by atoms with van der Waals surface area (Å²) in [5.74, 6) is -3.81. The summed E-state index contributed by atoms with van der Waals surface area (Å²) in [6.07, 6.45) is 28.3. The van der Waals surface area contributed by atoms with Crippen LogP contribution in [0.1, 0.15) is 187 Å². The zero-order chi connectivity index (χ0) is 42.4. The molecule has 2 aromatic rings. The molecule has 0 fully saturated rings. The maximum absolute atomic E-state index is 13.3. The van der Waals surface area contributed by atoms with E-state index in [1.54, 1.807) is 20.8 Å². The SMILES string of the molecule is CCCCCCCCCCCCCCCCCCCCCCC(C)CC(C(=O)O)C(C)C(=O)OCC(C)(C)COC(=O)C(C#N)=C(c1ccccc1)c1ccccc1. The summed E-state index contributed by atoms with van der Waals surface area (Å²) in [6, 6.07) is 20.5. The normalized spacial score (nSPS) is 12.9. The fraction of sp³-hybridized carbons (Fsp3) is 0.647. The predicted molar refractivity (Wildman–Crippen MR) is 237 cm³/mol. The number of hydrogen-bond donors (Lipinski definition) is 1. The van der Waals surface area contributed by atoms with Crippen molar-refractivity contribution in [3.8, 4) is 6.07 Å². The number of carbonyl (C=O) groups is 3. The highest BCUT2D eigenvalue weighted by atomic mass is 16.5. The van der Waals surface area contributed by atoms with Gasteiger partial charge in [0.1, 0.15) is 18.2 Å². The van der Waals surface area contributed by atoms with E-state index >= 15 is 0 Å². The van der Waals surface area contributed by atoms with Gasteiger partial charge >= 0.3 is 17.9 Å². The Morgan fingerprint density at radius 3 is 1.43 bits per heavy atom. The van der Waals surface area contributed by atoms with E-state index in [4.69, 9.17) is 9.47 Å². The molecule has 0 aliphatic rings. The van der Waals surface area contributed by atoms with Gasteiger partial charge in [-0.3, -0.25) is 9.59 Å². The van der Waals surface area contributed by atoms with Gasteiger partial charge in [0.2, 0.25) is 0 Å². The molecule has 2 aromatic carbocycles. The van der Waals surface area contributed by atoms with E-state index in [9.17, 15) is 24.8 Å². The van der Waals surface area contributed by atoms with Crippen LogP contribution >= 0.6 is 0 Å². The van der Waals surface area contributed by atoms with Gasteiger partial charge in [0.15, 0.2) is 0 Å². The average molecular weight is 800 g/mol. The van der Waals surface area contributed by atoms with E-state index in [2.05, 4.69) is 13.8 Å². The van der Waals surface area contributed by atoms with E-state index in [-0.39, 0.29) is 24.7 Å². The first-order chi connectivity index (χ1) is 28.0. The van der Waals surface area contributed by atoms with Crippen molar-refractivity contribution in [3.63, 3.8) is 0 Å². The summed E-state index contributed by atoms with van der Waals surface area (Å²) in [5, 5.41) is 20.1. The molecule has 0 saturated heterocycles. The zero-order valence-corrected chi connectivity index (χ0v) is 36.9. The van der Waals surface area contributed by atoms with Crippen LogP contribution < -0.4 is 0 Å². The summed E-state index contributed by atoms with van der Waals surface area (Å²) in [7, 11) is 0. The molecule has 0 aliphatic heterocycles. The maximum Gasteiger partial charge on any atom is 0.349 e. The molecule has 3 unspecified atom stereocenters. The highest BCUT2D eigenvalue weighted by Gasteiger charge is 2.34. The summed E-state index contributed by atoms with van der Waals surface area (Å²) < 4.78 is 11.2. The van der Waals surface area contributed by atoms with Crippen LogP contribution in [0.5, 0.6) is 0 Å². The number of rotatable bonds is 33. The molecule has 1 N–H and O–H groups in total. The summed E-state index contributed by atoms with van der Waals surface area (Å²) in [6.45, 7) is 9.39. The number of carboxylic acids is 1. The molecule has 0 bridgehead atoms. The lowest BCUT2D eigenvalue weighted by Gasteiger charge is -2.26. The van der Waals surface area contributed by atoms with E-state index in [1.165, 1.54) is 116 Å². The summed E-state index contributed by atoms with van der Waals surface area (Å²) in [5.41, 5.74) is 1.02. The van der Waals surface area contributed by atoms with Crippen molar-refractivity contribution < 1.29 is 29.0 Å². The van der Waals surface area contributed by atoms with Crippen molar-refractivity contribution in [2.45, 2.75) is 176 Å². The van der Waals surface area contributed by atoms with Crippen LogP contribution in [0.15, 0.2) is 66.2 Å². The third kappa shape index (κ3) is 21.2. The van der Waals surface area contributed by atoms with Gasteiger partial charge in [0, 0.05) is 11.0 Å². The molecule has 0 amide bonds. The highest BCUT2D eigenvalue weighted by Crippen LogP contribution is 2.29. The molecular formula is C51H77NO6. The first kappa shape index (κ1) is 50.2. The molecule has 7 heteroatoms. The lowest BCUT2D eigenvalue weighted by atomic mass is 9.84. The Hall–Kier alpha value is -3.92. The molecule has 0 spiro atoms. The standard InChI is InChI=1S/C51H77NO6/c1-6-7-8-9-10-11-12-13-14-15-16-17-18-19-20-21-22-23-24-27-32-41(2)37-45(48(53)54)42(3)49(55)57-39-51(4,5)40-58-50(56)46(38-52)47(43-33-28-25-29-34-43)44-35-30-26-31-36-44/h25-26,28-31,33-36,41-42,45H,6-24,27,32,37,39-40H2,1-5H3,(H,53,54). The van der Waals surface area contributed by atoms with Crippen molar-refractivity contribution in [3.05, 3.63) is 77.4 Å². The number of carboxylic acid groups (broad SMARTS) is 1. The van der Waals surface area contributed by atoms with Crippen LogP contribution in [0.4, 0.5) is 0 Å². The molecule has 58 heavy (non-hydrogen) atoms. The molecule has 2 rings (SSSR count). The van der Waals surface area contributed by atoms with Crippen LogP contribution in [0, 0.1) is 34.5 Å². The number of aliphatic carboxylic acids is 1. The van der Waals surface area contributed by atoms with E-state index in [0.29, 0.717) is 23.1 Å². The topological polar surface area (TPSA) is 114 Å². The Kier molecular flexibility index (Phi) is 26.1. The Labute approximate surface area is 352 Å². The molecule has 322 valence electrons. The van der Waals surface area contributed by atoms with Crippen LogP contribution in [0.25, 0.3) is 5.57 Å². The van der Waals surface area contributed by atoms with Crippen LogP contribution in [-0.4, -0.2) is 36.2 Å². The second-order valence-electron chi connectivity index (χ2n) is 17.5. The molecule has 0 aliphatic carbocycles. The Balaban J connectivity index is 1.65. The van der Waals surface area contributed by atoms with E-state index in [1.807, 2.05) is 66.7 Å². The van der Waals surface area contributed by atoms with Crippen molar-refractivity contribution in [1.29, 1.82) is 5.26 Å². The number of hydrogen-bond acceptors (Lipinski definition) is 6. The number of carbonyl (C=O) groups excluding carboxylic acids is 2. The number of esters is 2. The van der Waals surface area contributed by atoms with Gasteiger partial charge < -0.3 is 14.6 Å². The lowest BCUT2D eigenvalue weighted by molar-refractivity contribution is -0.161. The number of benzene rings is 2. The molecule has 0 saturated carbocycles. The van der Waals surface area contributed by atoms with Gasteiger partial charge in [0.05, 0.1) is 18.4 Å². The third-order valence-corrected chi connectivity index (χ3v) is 11.4. The summed E-state index contributed by atoms with van der Waals surface area (Å²) >= 11 is 0. The maximum atomic E-state index is 13.3. The molecule has 0 radical (unpaired) electrons. The van der Waals surface area contributed by atoms with Crippen LogP contribution in [-0.2, 0) is 23.9 Å². The molecule has 0 heterocycles. The third-order valence-electron chi connectivity index (χ3n) is 11.4. The van der Waals surface area contributed by atoms with Crippen molar-refractivity contribution >= 4 is 23.5 Å². The minimum Gasteiger partial charge on any atom is -0.481 e. The highest BCUT2D eigenvalue weighted by molar-refractivity contribution is 6.05. The van der Waals surface area contributed by atoms with Crippen LogP contribution in [0.3, 0.4) is 0 Å². The molecule has 3 atom stereocenters. The molecule has 0 aromatic heterocycles. The average Bonchev–Trinajstić information content (AvgIpc) is 3.22. The molecular weight excluding hydrogens is 723 g/mol. The van der Waals surface area contributed by atoms with Gasteiger partial charge in [-0.1, -0.05) is 230 Å². The second kappa shape index (κ2) is 30.2. The Morgan fingerprint density at radius 2 is 1.03 bits per heavy atom. The number of nitriles is 1. The van der Waals surface area contributed by atoms with Gasteiger partial charge in [-0.05, 0) is 23.5 Å². The van der Waals surface area contributed by atoms with E-state index in [0.717, 1.165) is 19.3 Å². The predicted octanol–water partition coefficient (Wildman–Crippen LogP) is 13.7. The van der Waals surface area contributed by atoms with Gasteiger partial charge in [-0.25, -0.2) is 4.79 Å². The monoisotopic (exact) mass is 800 g/mol. The Morgan fingerprint density at radius 1 is 0.638 bits per heavy atom. The lowest BCUT2D eigenvalue weighted by Crippen LogP contribution is -2.34. The number of unbranched alkanes of at least 4 members (excludes halogenated alkanes) is 19. The number of ether oxygens (including phenoxy) is 2. The molecule has 7 nitrogen and oxygen atoms in total. The minimum atomic E-state index is -0.989. The van der Waals surface area contributed by atoms with Crippen molar-refractivity contribution in [1.82, 2.24) is 0 Å². The summed E-state index contributed by atoms with van der Waals surface area (Å²) in [4.78, 5) is 38.7. The van der Waals surface area contributed by atoms with Gasteiger partial charge in [0.25, 0.3) is 0 Å². The first-order valence-electron chi connectivity index (χ1n) is 22.8. The van der Waals surface area contributed by atoms with Crippen LogP contribution in [0.2, 0.25) is 0 Å². The first-order valence-corrected chi connectivity index (χ1v) is 22.8. The largest absolute Gasteiger partial charge is 0.481 e. The quantitative estimate of drug-likeness (QED) is 0.0331. The minimum absolute atomic E-state index is 0.0689. The number of nitrogens with zero attached hydrogens (tertiary/aromatic N) is 1.